The number of pyridine rings is 1. The summed E-state index contributed by atoms with van der Waals surface area (Å²) in [5, 5.41) is 0. The van der Waals surface area contributed by atoms with Crippen molar-refractivity contribution in [3.8, 4) is 0 Å². The Balaban J connectivity index is 2.93. The van der Waals surface area contributed by atoms with Crippen LogP contribution in [0.25, 0.3) is 0 Å². The summed E-state index contributed by atoms with van der Waals surface area (Å²) in [7, 11) is 0. The maximum Gasteiger partial charge on any atom is 0.128 e. The Kier molecular flexibility index (Phi) is 5.42. The third-order valence-corrected chi connectivity index (χ3v) is 2.91. The minimum atomic E-state index is 0.0577. The number of aromatic nitrogens is 1. The van der Waals surface area contributed by atoms with Gasteiger partial charge in [0.15, 0.2) is 0 Å². The minimum Gasteiger partial charge on any atom is -0.357 e. The van der Waals surface area contributed by atoms with E-state index in [4.69, 9.17) is 5.73 Å². The molecule has 0 amide bonds. The number of hydrogen-bond acceptors (Lipinski definition) is 3. The van der Waals surface area contributed by atoms with E-state index >= 15 is 0 Å². The van der Waals surface area contributed by atoms with Crippen molar-refractivity contribution in [2.24, 2.45) is 5.73 Å². The van der Waals surface area contributed by atoms with Crippen LogP contribution in [-0.2, 0) is 0 Å². The summed E-state index contributed by atoms with van der Waals surface area (Å²) >= 11 is 0. The van der Waals surface area contributed by atoms with Gasteiger partial charge in [0.25, 0.3) is 0 Å². The molecule has 0 radical (unpaired) electrons. The predicted molar refractivity (Wildman–Crippen MR) is 74.4 cm³/mol. The lowest BCUT2D eigenvalue weighted by atomic mass is 10.1. The van der Waals surface area contributed by atoms with E-state index in [1.807, 2.05) is 13.8 Å². The van der Waals surface area contributed by atoms with E-state index in [2.05, 4.69) is 35.9 Å². The Morgan fingerprint density at radius 3 is 2.24 bits per heavy atom. The topological polar surface area (TPSA) is 42.1 Å². The van der Waals surface area contributed by atoms with Gasteiger partial charge < -0.3 is 10.6 Å². The molecule has 0 saturated heterocycles. The Bertz CT molecular complexity index is 341. The van der Waals surface area contributed by atoms with Gasteiger partial charge in [0.1, 0.15) is 5.82 Å². The van der Waals surface area contributed by atoms with Crippen LogP contribution in [0.5, 0.6) is 0 Å². The van der Waals surface area contributed by atoms with Gasteiger partial charge in [0.2, 0.25) is 0 Å². The molecule has 3 heteroatoms. The highest BCUT2D eigenvalue weighted by Gasteiger charge is 2.10. The van der Waals surface area contributed by atoms with Crippen LogP contribution >= 0.6 is 0 Å². The van der Waals surface area contributed by atoms with Crippen LogP contribution in [0.15, 0.2) is 12.1 Å². The second kappa shape index (κ2) is 6.60. The van der Waals surface area contributed by atoms with Crippen molar-refractivity contribution < 1.29 is 0 Å². The molecule has 0 spiro atoms. The maximum absolute atomic E-state index is 5.90. The monoisotopic (exact) mass is 235 g/mol. The number of hydrogen-bond donors (Lipinski definition) is 1. The molecule has 1 aromatic rings. The van der Waals surface area contributed by atoms with E-state index in [0.29, 0.717) is 0 Å². The molecule has 1 rings (SSSR count). The van der Waals surface area contributed by atoms with Crippen molar-refractivity contribution in [3.63, 3.8) is 0 Å². The number of nitrogens with two attached hydrogens (primary N) is 1. The lowest BCUT2D eigenvalue weighted by Crippen LogP contribution is -2.26. The van der Waals surface area contributed by atoms with E-state index in [1.165, 1.54) is 0 Å². The van der Waals surface area contributed by atoms with Gasteiger partial charge in [-0.3, -0.25) is 0 Å². The van der Waals surface area contributed by atoms with Gasteiger partial charge in [0.05, 0.1) is 0 Å². The van der Waals surface area contributed by atoms with Gasteiger partial charge in [-0.1, -0.05) is 19.9 Å². The number of aryl methyl sites for hydroxylation is 1. The third kappa shape index (κ3) is 3.70. The second-order valence-electron chi connectivity index (χ2n) is 4.62. The quantitative estimate of drug-likeness (QED) is 0.824. The number of nitrogens with zero attached hydrogens (tertiary/aromatic N) is 2. The standard InChI is InChI=1S/C14H25N3/c1-5-9-17(10-6-2)14-8-7-13(11(3)15)12(4)16-14/h7-8,11H,5-6,9-10,15H2,1-4H3/t11-/m1/s1. The van der Waals surface area contributed by atoms with E-state index in [1.54, 1.807) is 0 Å². The molecule has 0 aliphatic carbocycles. The zero-order valence-corrected chi connectivity index (χ0v) is 11.5. The van der Waals surface area contributed by atoms with Crippen LogP contribution in [0.3, 0.4) is 0 Å². The molecule has 0 aliphatic heterocycles. The Labute approximate surface area is 105 Å². The molecular weight excluding hydrogens is 210 g/mol. The molecule has 3 nitrogen and oxygen atoms in total. The highest BCUT2D eigenvalue weighted by Crippen LogP contribution is 2.19. The first kappa shape index (κ1) is 14.0. The molecule has 0 aliphatic rings. The smallest absolute Gasteiger partial charge is 0.128 e. The Morgan fingerprint density at radius 1 is 1.24 bits per heavy atom. The molecule has 17 heavy (non-hydrogen) atoms. The first-order valence-electron chi connectivity index (χ1n) is 6.58. The van der Waals surface area contributed by atoms with Gasteiger partial charge >= 0.3 is 0 Å². The van der Waals surface area contributed by atoms with Gasteiger partial charge in [-0.25, -0.2) is 4.98 Å². The average Bonchev–Trinajstić information content (AvgIpc) is 2.28. The lowest BCUT2D eigenvalue weighted by molar-refractivity contribution is 0.728. The van der Waals surface area contributed by atoms with Crippen molar-refractivity contribution in [1.29, 1.82) is 0 Å². The van der Waals surface area contributed by atoms with Crippen LogP contribution in [0.1, 0.15) is 50.9 Å². The second-order valence-corrected chi connectivity index (χ2v) is 4.62. The van der Waals surface area contributed by atoms with Crippen LogP contribution in [-0.4, -0.2) is 18.1 Å². The number of anilines is 1. The molecule has 1 atom stereocenters. The highest BCUT2D eigenvalue weighted by atomic mass is 15.2. The van der Waals surface area contributed by atoms with Crippen LogP contribution < -0.4 is 10.6 Å². The summed E-state index contributed by atoms with van der Waals surface area (Å²) in [6, 6.07) is 4.26. The minimum absolute atomic E-state index is 0.0577. The maximum atomic E-state index is 5.90. The Hall–Kier alpha value is -1.09. The fourth-order valence-electron chi connectivity index (χ4n) is 2.10. The lowest BCUT2D eigenvalue weighted by Gasteiger charge is -2.23. The summed E-state index contributed by atoms with van der Waals surface area (Å²) in [6.45, 7) is 10.6. The normalized spacial score (nSPS) is 12.5. The summed E-state index contributed by atoms with van der Waals surface area (Å²) in [5.74, 6) is 1.08. The SMILES string of the molecule is CCCN(CCC)c1ccc([C@@H](C)N)c(C)n1. The number of rotatable bonds is 6. The first-order valence-corrected chi connectivity index (χ1v) is 6.58. The van der Waals surface area contributed by atoms with Crippen molar-refractivity contribution in [2.45, 2.75) is 46.6 Å². The van der Waals surface area contributed by atoms with Crippen LogP contribution in [0, 0.1) is 6.92 Å². The summed E-state index contributed by atoms with van der Waals surface area (Å²) in [5.41, 5.74) is 8.10. The molecule has 0 fully saturated rings. The van der Waals surface area contributed by atoms with Gasteiger partial charge in [-0.2, -0.15) is 0 Å². The zero-order chi connectivity index (χ0) is 12.8. The zero-order valence-electron chi connectivity index (χ0n) is 11.5. The molecule has 0 unspecified atom stereocenters. The van der Waals surface area contributed by atoms with E-state index in [0.717, 1.165) is 43.0 Å². The van der Waals surface area contributed by atoms with E-state index in [9.17, 15) is 0 Å². The van der Waals surface area contributed by atoms with Crippen LogP contribution in [0.2, 0.25) is 0 Å². The molecule has 1 heterocycles. The van der Waals surface area contributed by atoms with Crippen molar-refractivity contribution in [2.75, 3.05) is 18.0 Å². The summed E-state index contributed by atoms with van der Waals surface area (Å²) in [6.07, 6.45) is 2.30. The molecule has 0 aromatic carbocycles. The average molecular weight is 235 g/mol. The summed E-state index contributed by atoms with van der Waals surface area (Å²) < 4.78 is 0. The third-order valence-electron chi connectivity index (χ3n) is 2.91. The van der Waals surface area contributed by atoms with Crippen molar-refractivity contribution in [1.82, 2.24) is 4.98 Å². The van der Waals surface area contributed by atoms with Crippen LogP contribution in [0.4, 0.5) is 5.82 Å². The highest BCUT2D eigenvalue weighted by molar-refractivity contribution is 5.42. The largest absolute Gasteiger partial charge is 0.357 e. The molecule has 2 N–H and O–H groups in total. The summed E-state index contributed by atoms with van der Waals surface area (Å²) in [4.78, 5) is 7.02. The van der Waals surface area contributed by atoms with Gasteiger partial charge in [-0.15, -0.1) is 0 Å². The Morgan fingerprint density at radius 2 is 1.82 bits per heavy atom. The van der Waals surface area contributed by atoms with E-state index < -0.39 is 0 Å². The molecule has 0 bridgehead atoms. The van der Waals surface area contributed by atoms with Gasteiger partial charge in [0, 0.05) is 24.8 Å². The molecular formula is C14H25N3. The molecule has 96 valence electrons. The van der Waals surface area contributed by atoms with Crippen molar-refractivity contribution >= 4 is 5.82 Å². The first-order chi connectivity index (χ1) is 8.10. The molecule has 0 saturated carbocycles. The fraction of sp³-hybridized carbons (Fsp3) is 0.643. The van der Waals surface area contributed by atoms with Crippen molar-refractivity contribution in [3.05, 3.63) is 23.4 Å². The fourth-order valence-corrected chi connectivity index (χ4v) is 2.10. The van der Waals surface area contributed by atoms with E-state index in [-0.39, 0.29) is 6.04 Å². The predicted octanol–water partition coefficient (Wildman–Crippen LogP) is 3.04. The van der Waals surface area contributed by atoms with Gasteiger partial charge in [-0.05, 0) is 38.3 Å². The molecule has 1 aromatic heterocycles.